The first-order valence-corrected chi connectivity index (χ1v) is 9.16. The lowest BCUT2D eigenvalue weighted by atomic mass is 10.1. The van der Waals surface area contributed by atoms with E-state index in [-0.39, 0.29) is 11.7 Å². The molecule has 1 amide bonds. The van der Waals surface area contributed by atoms with Gasteiger partial charge in [0.05, 0.1) is 16.8 Å². The minimum atomic E-state index is -0.172. The molecule has 0 aliphatic carbocycles. The maximum absolute atomic E-state index is 12.3. The van der Waals surface area contributed by atoms with Crippen LogP contribution >= 0.6 is 0 Å². The second-order valence-corrected chi connectivity index (χ2v) is 6.51. The van der Waals surface area contributed by atoms with Crippen molar-refractivity contribution in [2.45, 2.75) is 19.3 Å². The molecule has 1 fully saturated rings. The number of aliphatic imine (C=N–C) groups is 1. The van der Waals surface area contributed by atoms with Gasteiger partial charge in [-0.1, -0.05) is 6.07 Å². The number of likely N-dealkylation sites (tertiary alicyclic amines) is 1. The molecule has 0 spiro atoms. The fourth-order valence-corrected chi connectivity index (χ4v) is 3.13. The first-order valence-electron chi connectivity index (χ1n) is 9.16. The number of hydrogen-bond donors (Lipinski definition) is 4. The topological polar surface area (TPSA) is 119 Å². The van der Waals surface area contributed by atoms with E-state index in [0.29, 0.717) is 29.2 Å². The van der Waals surface area contributed by atoms with Crippen LogP contribution in [0.5, 0.6) is 0 Å². The Labute approximate surface area is 158 Å². The Morgan fingerprint density at radius 3 is 2.78 bits per heavy atom. The molecule has 3 heterocycles. The van der Waals surface area contributed by atoms with Crippen LogP contribution in [0, 0.1) is 5.41 Å². The number of rotatable bonds is 7. The number of nitrogens with two attached hydrogens (primary N) is 1. The molecule has 142 valence electrons. The maximum atomic E-state index is 12.3. The Balaban J connectivity index is 1.56. The van der Waals surface area contributed by atoms with Crippen molar-refractivity contribution in [1.82, 2.24) is 20.5 Å². The van der Waals surface area contributed by atoms with Crippen molar-refractivity contribution < 1.29 is 4.79 Å². The van der Waals surface area contributed by atoms with E-state index < -0.39 is 0 Å². The van der Waals surface area contributed by atoms with Gasteiger partial charge >= 0.3 is 0 Å². The van der Waals surface area contributed by atoms with Gasteiger partial charge in [-0.2, -0.15) is 0 Å². The van der Waals surface area contributed by atoms with Gasteiger partial charge < -0.3 is 21.3 Å². The summed E-state index contributed by atoms with van der Waals surface area (Å²) in [5.41, 5.74) is 7.07. The van der Waals surface area contributed by atoms with Crippen LogP contribution in [-0.2, 0) is 4.79 Å². The molecule has 1 saturated heterocycles. The van der Waals surface area contributed by atoms with Crippen LogP contribution in [0.25, 0.3) is 5.57 Å². The van der Waals surface area contributed by atoms with Gasteiger partial charge in [0.1, 0.15) is 11.7 Å². The van der Waals surface area contributed by atoms with Crippen molar-refractivity contribution >= 4 is 23.5 Å². The standard InChI is InChI=1S/C19H25N7O/c20-17(21)16(15-6-1-2-7-22-15)18-24-12-14(13-25-18)19(27)23-8-5-11-26-9-3-4-10-26/h1-2,6-7,12-13,24H,3-5,8-11H2,(H3,20,21)(H,23,27)/b18-16+. The lowest BCUT2D eigenvalue weighted by Gasteiger charge is -2.16. The quantitative estimate of drug-likeness (QED) is 0.323. The van der Waals surface area contributed by atoms with Crippen LogP contribution in [0.4, 0.5) is 0 Å². The molecule has 3 rings (SSSR count). The van der Waals surface area contributed by atoms with Crippen LogP contribution < -0.4 is 16.4 Å². The van der Waals surface area contributed by atoms with Crippen molar-refractivity contribution in [3.8, 4) is 0 Å². The summed E-state index contributed by atoms with van der Waals surface area (Å²) < 4.78 is 0. The third-order valence-electron chi connectivity index (χ3n) is 4.52. The average molecular weight is 367 g/mol. The minimum absolute atomic E-state index is 0.142. The molecule has 5 N–H and O–H groups in total. The molecule has 8 nitrogen and oxygen atoms in total. The smallest absolute Gasteiger partial charge is 0.254 e. The summed E-state index contributed by atoms with van der Waals surface area (Å²) in [5, 5.41) is 13.7. The fourth-order valence-electron chi connectivity index (χ4n) is 3.13. The third-order valence-corrected chi connectivity index (χ3v) is 4.52. The van der Waals surface area contributed by atoms with Gasteiger partial charge in [-0.15, -0.1) is 0 Å². The molecule has 0 atom stereocenters. The number of carbonyl (C=O) groups excluding carboxylic acids is 1. The summed E-state index contributed by atoms with van der Waals surface area (Å²) in [6.45, 7) is 3.99. The van der Waals surface area contributed by atoms with Crippen molar-refractivity contribution in [1.29, 1.82) is 5.41 Å². The SMILES string of the molecule is N=C(N)/C(=C1/N=CC(C(=O)NCCCN2CCCC2)=CN1)c1ccccn1. The van der Waals surface area contributed by atoms with E-state index in [1.807, 2.05) is 6.07 Å². The van der Waals surface area contributed by atoms with Crippen LogP contribution in [0.15, 0.2) is 47.0 Å². The first kappa shape index (κ1) is 18.8. The highest BCUT2D eigenvalue weighted by molar-refractivity contribution is 6.21. The molecular weight excluding hydrogens is 342 g/mol. The van der Waals surface area contributed by atoms with E-state index in [1.165, 1.54) is 32.1 Å². The Kier molecular flexibility index (Phi) is 6.32. The average Bonchev–Trinajstić information content (AvgIpc) is 3.20. The number of aromatic nitrogens is 1. The van der Waals surface area contributed by atoms with Crippen LogP contribution in [0.1, 0.15) is 25.0 Å². The molecule has 0 radical (unpaired) electrons. The van der Waals surface area contributed by atoms with E-state index >= 15 is 0 Å². The molecule has 1 aromatic rings. The van der Waals surface area contributed by atoms with E-state index in [9.17, 15) is 4.79 Å². The summed E-state index contributed by atoms with van der Waals surface area (Å²) in [4.78, 5) is 23.2. The molecule has 0 unspecified atom stereocenters. The molecular formula is C19H25N7O. The van der Waals surface area contributed by atoms with Gasteiger partial charge in [0.2, 0.25) is 0 Å². The molecule has 1 aromatic heterocycles. The Morgan fingerprint density at radius 1 is 1.33 bits per heavy atom. The van der Waals surface area contributed by atoms with Gasteiger partial charge in [-0.25, -0.2) is 4.99 Å². The number of hydrogen-bond acceptors (Lipinski definition) is 6. The highest BCUT2D eigenvalue weighted by atomic mass is 16.1. The van der Waals surface area contributed by atoms with E-state index in [2.05, 4.69) is 25.5 Å². The van der Waals surface area contributed by atoms with Crippen LogP contribution in [-0.4, -0.2) is 54.0 Å². The molecule has 0 aromatic carbocycles. The predicted molar refractivity (Wildman–Crippen MR) is 106 cm³/mol. The van der Waals surface area contributed by atoms with Crippen molar-refractivity contribution in [3.63, 3.8) is 0 Å². The zero-order chi connectivity index (χ0) is 19.1. The van der Waals surface area contributed by atoms with Gasteiger partial charge in [0.15, 0.2) is 0 Å². The van der Waals surface area contributed by atoms with Gasteiger partial charge in [0, 0.05) is 25.2 Å². The van der Waals surface area contributed by atoms with Crippen LogP contribution in [0.3, 0.4) is 0 Å². The zero-order valence-electron chi connectivity index (χ0n) is 15.2. The minimum Gasteiger partial charge on any atom is -0.384 e. The number of amides is 1. The van der Waals surface area contributed by atoms with E-state index in [1.54, 1.807) is 24.5 Å². The highest BCUT2D eigenvalue weighted by Gasteiger charge is 2.17. The largest absolute Gasteiger partial charge is 0.384 e. The number of nitrogens with one attached hydrogen (secondary N) is 3. The Hall–Kier alpha value is -3.00. The second kappa shape index (κ2) is 9.09. The number of carbonyl (C=O) groups is 1. The number of pyridine rings is 1. The third kappa shape index (κ3) is 5.01. The van der Waals surface area contributed by atoms with Crippen molar-refractivity contribution in [3.05, 3.63) is 47.7 Å². The summed E-state index contributed by atoms with van der Waals surface area (Å²) in [5.74, 6) is 0.0808. The Bertz CT molecular complexity index is 777. The second-order valence-electron chi connectivity index (χ2n) is 6.51. The summed E-state index contributed by atoms with van der Waals surface area (Å²) in [7, 11) is 0. The molecule has 27 heavy (non-hydrogen) atoms. The number of nitrogens with zero attached hydrogens (tertiary/aromatic N) is 3. The van der Waals surface area contributed by atoms with Gasteiger partial charge in [-0.3, -0.25) is 15.2 Å². The fraction of sp³-hybridized carbons (Fsp3) is 0.368. The predicted octanol–water partition coefficient (Wildman–Crippen LogP) is 0.846. The molecule has 2 aliphatic heterocycles. The van der Waals surface area contributed by atoms with Gasteiger partial charge in [-0.05, 0) is 51.0 Å². The number of amidine groups is 1. The summed E-state index contributed by atoms with van der Waals surface area (Å²) in [6.07, 6.45) is 8.17. The summed E-state index contributed by atoms with van der Waals surface area (Å²) in [6, 6.07) is 5.36. The lowest BCUT2D eigenvalue weighted by molar-refractivity contribution is -0.117. The first-order chi connectivity index (χ1) is 13.1. The van der Waals surface area contributed by atoms with Gasteiger partial charge in [0.25, 0.3) is 5.91 Å². The normalized spacial score (nSPS) is 18.6. The van der Waals surface area contributed by atoms with E-state index in [4.69, 9.17) is 11.1 Å². The van der Waals surface area contributed by atoms with Crippen LogP contribution in [0.2, 0.25) is 0 Å². The summed E-state index contributed by atoms with van der Waals surface area (Å²) >= 11 is 0. The monoisotopic (exact) mass is 367 g/mol. The maximum Gasteiger partial charge on any atom is 0.254 e. The van der Waals surface area contributed by atoms with Crippen molar-refractivity contribution in [2.75, 3.05) is 26.2 Å². The lowest BCUT2D eigenvalue weighted by Crippen LogP contribution is -2.31. The molecule has 8 heteroatoms. The molecule has 0 saturated carbocycles. The Morgan fingerprint density at radius 2 is 2.15 bits per heavy atom. The van der Waals surface area contributed by atoms with E-state index in [0.717, 1.165) is 13.0 Å². The molecule has 0 bridgehead atoms. The highest BCUT2D eigenvalue weighted by Crippen LogP contribution is 2.17. The van der Waals surface area contributed by atoms with Crippen molar-refractivity contribution in [2.24, 2.45) is 10.7 Å². The molecule has 2 aliphatic rings. The zero-order valence-corrected chi connectivity index (χ0v) is 15.2.